The van der Waals surface area contributed by atoms with Crippen LogP contribution in [0.4, 0.5) is 0 Å². The van der Waals surface area contributed by atoms with Gasteiger partial charge < -0.3 is 5.32 Å². The zero-order chi connectivity index (χ0) is 15.2. The van der Waals surface area contributed by atoms with E-state index in [1.807, 2.05) is 31.2 Å². The molecule has 0 heterocycles. The van der Waals surface area contributed by atoms with Crippen LogP contribution in [0.1, 0.15) is 38.7 Å². The van der Waals surface area contributed by atoms with Gasteiger partial charge in [0.1, 0.15) is 0 Å². The fourth-order valence-corrected chi connectivity index (χ4v) is 3.19. The van der Waals surface area contributed by atoms with Crippen LogP contribution in [-0.4, -0.2) is 32.5 Å². The number of sulfone groups is 1. The predicted octanol–water partition coefficient (Wildman–Crippen LogP) is 3.25. The topological polar surface area (TPSA) is 46.2 Å². The summed E-state index contributed by atoms with van der Waals surface area (Å²) < 4.78 is 23.9. The summed E-state index contributed by atoms with van der Waals surface area (Å²) in [6.07, 6.45) is 0.634. The standard InChI is InChI=1S/C15H24ClNO2S/c1-4-17-11-14(9-10-20(18,19)12(2)3)13-5-7-15(16)8-6-13/h5-8,12,14,17H,4,9-11H2,1-3H3. The molecule has 0 aromatic heterocycles. The van der Waals surface area contributed by atoms with Crippen LogP contribution in [0.2, 0.25) is 5.02 Å². The molecule has 0 spiro atoms. The maximum absolute atomic E-state index is 12.0. The molecular formula is C15H24ClNO2S. The molecule has 0 fully saturated rings. The van der Waals surface area contributed by atoms with Crippen molar-refractivity contribution in [1.82, 2.24) is 5.32 Å². The van der Waals surface area contributed by atoms with Crippen molar-refractivity contribution in [2.75, 3.05) is 18.8 Å². The quantitative estimate of drug-likeness (QED) is 0.800. The van der Waals surface area contributed by atoms with Crippen LogP contribution in [0.15, 0.2) is 24.3 Å². The number of halogens is 1. The first-order valence-corrected chi connectivity index (χ1v) is 9.14. The van der Waals surface area contributed by atoms with Crippen molar-refractivity contribution >= 4 is 21.4 Å². The molecule has 1 unspecified atom stereocenters. The molecule has 0 bridgehead atoms. The molecule has 20 heavy (non-hydrogen) atoms. The highest BCUT2D eigenvalue weighted by Crippen LogP contribution is 2.22. The van der Waals surface area contributed by atoms with Crippen molar-refractivity contribution in [1.29, 1.82) is 0 Å². The van der Waals surface area contributed by atoms with E-state index in [2.05, 4.69) is 5.32 Å². The van der Waals surface area contributed by atoms with Gasteiger partial charge in [-0.3, -0.25) is 0 Å². The third-order valence-corrected chi connectivity index (χ3v) is 5.94. The van der Waals surface area contributed by atoms with Gasteiger partial charge in [0.2, 0.25) is 0 Å². The van der Waals surface area contributed by atoms with Gasteiger partial charge in [0.05, 0.1) is 11.0 Å². The molecule has 5 heteroatoms. The first kappa shape index (κ1) is 17.5. The van der Waals surface area contributed by atoms with Crippen LogP contribution in [0.25, 0.3) is 0 Å². The summed E-state index contributed by atoms with van der Waals surface area (Å²) in [6, 6.07) is 7.66. The molecule has 1 rings (SSSR count). The Kier molecular flexibility index (Phi) is 7.00. The maximum atomic E-state index is 12.0. The van der Waals surface area contributed by atoms with Crippen molar-refractivity contribution in [3.63, 3.8) is 0 Å². The summed E-state index contributed by atoms with van der Waals surface area (Å²) in [5, 5.41) is 3.69. The number of hydrogen-bond acceptors (Lipinski definition) is 3. The third-order valence-electron chi connectivity index (χ3n) is 3.45. The molecule has 0 amide bonds. The molecule has 1 aromatic rings. The van der Waals surface area contributed by atoms with E-state index in [0.717, 1.165) is 18.7 Å². The van der Waals surface area contributed by atoms with Gasteiger partial charge in [0.15, 0.2) is 9.84 Å². The van der Waals surface area contributed by atoms with E-state index in [1.165, 1.54) is 0 Å². The molecule has 1 aromatic carbocycles. The lowest BCUT2D eigenvalue weighted by Gasteiger charge is -2.18. The Hall–Kier alpha value is -0.580. The van der Waals surface area contributed by atoms with E-state index >= 15 is 0 Å². The second-order valence-corrected chi connectivity index (χ2v) is 8.37. The molecule has 0 aliphatic rings. The van der Waals surface area contributed by atoms with E-state index in [9.17, 15) is 8.42 Å². The Balaban J connectivity index is 2.77. The van der Waals surface area contributed by atoms with Crippen molar-refractivity contribution in [3.8, 4) is 0 Å². The number of hydrogen-bond donors (Lipinski definition) is 1. The second kappa shape index (κ2) is 8.01. The van der Waals surface area contributed by atoms with Crippen LogP contribution in [0.5, 0.6) is 0 Å². The van der Waals surface area contributed by atoms with Gasteiger partial charge in [0, 0.05) is 11.6 Å². The van der Waals surface area contributed by atoms with Gasteiger partial charge >= 0.3 is 0 Å². The van der Waals surface area contributed by atoms with Crippen molar-refractivity contribution in [3.05, 3.63) is 34.9 Å². The van der Waals surface area contributed by atoms with E-state index in [-0.39, 0.29) is 16.9 Å². The van der Waals surface area contributed by atoms with E-state index < -0.39 is 9.84 Å². The molecule has 3 nitrogen and oxygen atoms in total. The lowest BCUT2D eigenvalue weighted by Crippen LogP contribution is -2.25. The highest BCUT2D eigenvalue weighted by Gasteiger charge is 2.19. The largest absolute Gasteiger partial charge is 0.316 e. The Morgan fingerprint density at radius 1 is 1.20 bits per heavy atom. The average molecular weight is 318 g/mol. The van der Waals surface area contributed by atoms with Crippen LogP contribution in [0, 0.1) is 0 Å². The second-order valence-electron chi connectivity index (χ2n) is 5.26. The minimum Gasteiger partial charge on any atom is -0.316 e. The van der Waals surface area contributed by atoms with Gasteiger partial charge in [-0.05, 0) is 50.4 Å². The molecule has 0 radical (unpaired) electrons. The summed E-state index contributed by atoms with van der Waals surface area (Å²) in [5.41, 5.74) is 1.13. The molecule has 114 valence electrons. The SMILES string of the molecule is CCNCC(CCS(=O)(=O)C(C)C)c1ccc(Cl)cc1. The molecule has 1 N–H and O–H groups in total. The molecule has 0 aliphatic heterocycles. The van der Waals surface area contributed by atoms with Crippen LogP contribution < -0.4 is 5.32 Å². The number of nitrogens with one attached hydrogen (secondary N) is 1. The zero-order valence-electron chi connectivity index (χ0n) is 12.4. The lowest BCUT2D eigenvalue weighted by molar-refractivity contribution is 0.559. The number of rotatable bonds is 8. The van der Waals surface area contributed by atoms with Crippen LogP contribution >= 0.6 is 11.6 Å². The first-order chi connectivity index (χ1) is 9.36. The van der Waals surface area contributed by atoms with Gasteiger partial charge in [0.25, 0.3) is 0 Å². The van der Waals surface area contributed by atoms with Crippen molar-refractivity contribution < 1.29 is 8.42 Å². The maximum Gasteiger partial charge on any atom is 0.152 e. The smallest absolute Gasteiger partial charge is 0.152 e. The Bertz CT molecular complexity index is 497. The van der Waals surface area contributed by atoms with E-state index in [0.29, 0.717) is 11.4 Å². The monoisotopic (exact) mass is 317 g/mol. The summed E-state index contributed by atoms with van der Waals surface area (Å²) >= 11 is 5.90. The van der Waals surface area contributed by atoms with Crippen molar-refractivity contribution in [2.45, 2.75) is 38.4 Å². The Morgan fingerprint density at radius 2 is 1.80 bits per heavy atom. The van der Waals surface area contributed by atoms with Gasteiger partial charge in [-0.25, -0.2) is 8.42 Å². The fourth-order valence-electron chi connectivity index (χ4n) is 1.98. The van der Waals surface area contributed by atoms with Crippen LogP contribution in [0.3, 0.4) is 0 Å². The zero-order valence-corrected chi connectivity index (χ0v) is 14.0. The van der Waals surface area contributed by atoms with E-state index in [1.54, 1.807) is 13.8 Å². The predicted molar refractivity (Wildman–Crippen MR) is 86.3 cm³/mol. The van der Waals surface area contributed by atoms with E-state index in [4.69, 9.17) is 11.6 Å². The van der Waals surface area contributed by atoms with Crippen LogP contribution in [-0.2, 0) is 9.84 Å². The third kappa shape index (κ3) is 5.43. The number of benzene rings is 1. The highest BCUT2D eigenvalue weighted by atomic mass is 35.5. The minimum atomic E-state index is -2.99. The molecular weight excluding hydrogens is 294 g/mol. The lowest BCUT2D eigenvalue weighted by atomic mass is 9.96. The first-order valence-electron chi connectivity index (χ1n) is 7.04. The summed E-state index contributed by atoms with van der Waals surface area (Å²) in [4.78, 5) is 0. The minimum absolute atomic E-state index is 0.195. The molecule has 0 aliphatic carbocycles. The Morgan fingerprint density at radius 3 is 2.30 bits per heavy atom. The highest BCUT2D eigenvalue weighted by molar-refractivity contribution is 7.91. The molecule has 0 saturated heterocycles. The van der Waals surface area contributed by atoms with Gasteiger partial charge in [-0.15, -0.1) is 0 Å². The summed E-state index contributed by atoms with van der Waals surface area (Å²) in [6.45, 7) is 7.17. The van der Waals surface area contributed by atoms with Crippen molar-refractivity contribution in [2.24, 2.45) is 0 Å². The fraction of sp³-hybridized carbons (Fsp3) is 0.600. The molecule has 0 saturated carbocycles. The summed E-state index contributed by atoms with van der Waals surface area (Å²) in [5.74, 6) is 0.421. The number of likely N-dealkylation sites (N-methyl/N-ethyl adjacent to an activating group) is 1. The Labute approximate surface area is 127 Å². The summed E-state index contributed by atoms with van der Waals surface area (Å²) in [7, 11) is -2.99. The molecule has 1 atom stereocenters. The van der Waals surface area contributed by atoms with Gasteiger partial charge in [-0.2, -0.15) is 0 Å². The normalized spacial score (nSPS) is 13.7. The average Bonchev–Trinajstić information content (AvgIpc) is 2.40. The van der Waals surface area contributed by atoms with Gasteiger partial charge in [-0.1, -0.05) is 30.7 Å².